The summed E-state index contributed by atoms with van der Waals surface area (Å²) in [6, 6.07) is 10.1. The molecule has 3 rings (SSSR count). The topological polar surface area (TPSA) is 77.9 Å². The van der Waals surface area contributed by atoms with Crippen molar-refractivity contribution < 1.29 is 19.5 Å². The van der Waals surface area contributed by atoms with Gasteiger partial charge < -0.3 is 14.9 Å². The number of benzene rings is 1. The molecule has 0 aliphatic carbocycles. The zero-order chi connectivity index (χ0) is 19.2. The fourth-order valence-electron chi connectivity index (χ4n) is 4.15. The van der Waals surface area contributed by atoms with E-state index in [0.717, 1.165) is 25.8 Å². The molecule has 0 unspecified atom stereocenters. The first-order valence-corrected chi connectivity index (χ1v) is 9.85. The van der Waals surface area contributed by atoms with Gasteiger partial charge in [0, 0.05) is 39.0 Å². The molecular formula is C21H28N2O4. The van der Waals surface area contributed by atoms with Crippen molar-refractivity contribution in [1.82, 2.24) is 9.80 Å². The number of rotatable bonds is 7. The molecule has 2 aliphatic heterocycles. The third-order valence-corrected chi connectivity index (χ3v) is 5.67. The fourth-order valence-corrected chi connectivity index (χ4v) is 4.15. The first-order chi connectivity index (χ1) is 13.0. The maximum absolute atomic E-state index is 12.9. The number of carbonyl (C=O) groups excluding carboxylic acids is 2. The highest BCUT2D eigenvalue weighted by atomic mass is 16.4. The molecule has 1 aromatic carbocycles. The third-order valence-electron chi connectivity index (χ3n) is 5.67. The average Bonchev–Trinajstić information content (AvgIpc) is 3.06. The van der Waals surface area contributed by atoms with Gasteiger partial charge in [0.25, 0.3) is 0 Å². The summed E-state index contributed by atoms with van der Waals surface area (Å²) >= 11 is 0. The average molecular weight is 372 g/mol. The number of carboxylic acids is 1. The van der Waals surface area contributed by atoms with E-state index >= 15 is 0 Å². The van der Waals surface area contributed by atoms with Gasteiger partial charge in [0.05, 0.1) is 5.92 Å². The van der Waals surface area contributed by atoms with Crippen LogP contribution in [0.15, 0.2) is 30.3 Å². The number of amides is 2. The predicted molar refractivity (Wildman–Crippen MR) is 101 cm³/mol. The molecule has 0 saturated carbocycles. The van der Waals surface area contributed by atoms with E-state index in [0.29, 0.717) is 32.5 Å². The molecule has 0 aromatic heterocycles. The number of nitrogens with zero attached hydrogens (tertiary/aromatic N) is 2. The maximum Gasteiger partial charge on any atom is 0.303 e. The lowest BCUT2D eigenvalue weighted by molar-refractivity contribution is -0.138. The van der Waals surface area contributed by atoms with Gasteiger partial charge in [-0.1, -0.05) is 30.3 Å². The quantitative estimate of drug-likeness (QED) is 0.796. The van der Waals surface area contributed by atoms with Crippen molar-refractivity contribution >= 4 is 17.8 Å². The summed E-state index contributed by atoms with van der Waals surface area (Å²) in [6.45, 7) is 2.49. The molecule has 0 bridgehead atoms. The van der Waals surface area contributed by atoms with E-state index in [2.05, 4.69) is 0 Å². The Morgan fingerprint density at radius 1 is 1.15 bits per heavy atom. The smallest absolute Gasteiger partial charge is 0.303 e. The van der Waals surface area contributed by atoms with E-state index in [1.165, 1.54) is 5.56 Å². The van der Waals surface area contributed by atoms with Crippen LogP contribution in [0.2, 0.25) is 0 Å². The molecule has 2 atom stereocenters. The SMILES string of the molecule is O=C(O)CC[C@@H]1CCCN(C(=O)[C@H]2CC(=O)N(CCc3ccccc3)C2)C1. The van der Waals surface area contributed by atoms with E-state index in [1.54, 1.807) is 4.90 Å². The van der Waals surface area contributed by atoms with Crippen LogP contribution in [0.3, 0.4) is 0 Å². The van der Waals surface area contributed by atoms with Crippen LogP contribution in [0, 0.1) is 11.8 Å². The van der Waals surface area contributed by atoms with Crippen molar-refractivity contribution in [3.8, 4) is 0 Å². The van der Waals surface area contributed by atoms with E-state index < -0.39 is 5.97 Å². The third kappa shape index (κ3) is 5.31. The maximum atomic E-state index is 12.9. The lowest BCUT2D eigenvalue weighted by Crippen LogP contribution is -2.43. The van der Waals surface area contributed by atoms with Crippen LogP contribution < -0.4 is 0 Å². The van der Waals surface area contributed by atoms with Gasteiger partial charge >= 0.3 is 5.97 Å². The molecule has 27 heavy (non-hydrogen) atoms. The van der Waals surface area contributed by atoms with E-state index in [9.17, 15) is 14.4 Å². The van der Waals surface area contributed by atoms with Gasteiger partial charge in [-0.15, -0.1) is 0 Å². The highest BCUT2D eigenvalue weighted by Gasteiger charge is 2.37. The monoisotopic (exact) mass is 372 g/mol. The molecule has 1 N–H and O–H groups in total. The number of piperidine rings is 1. The number of hydrogen-bond donors (Lipinski definition) is 1. The Bertz CT molecular complexity index is 676. The zero-order valence-corrected chi connectivity index (χ0v) is 15.7. The Balaban J connectivity index is 1.50. The molecule has 2 fully saturated rings. The van der Waals surface area contributed by atoms with E-state index in [-0.39, 0.29) is 30.1 Å². The van der Waals surface area contributed by atoms with E-state index in [1.807, 2.05) is 35.2 Å². The highest BCUT2D eigenvalue weighted by Crippen LogP contribution is 2.26. The van der Waals surface area contributed by atoms with Gasteiger partial charge in [0.15, 0.2) is 0 Å². The Kier molecular flexibility index (Phi) is 6.48. The van der Waals surface area contributed by atoms with Crippen LogP contribution in [0.4, 0.5) is 0 Å². The van der Waals surface area contributed by atoms with Crippen LogP contribution >= 0.6 is 0 Å². The van der Waals surface area contributed by atoms with Crippen LogP contribution in [-0.4, -0.2) is 58.9 Å². The molecule has 2 amide bonds. The Morgan fingerprint density at radius 2 is 1.93 bits per heavy atom. The zero-order valence-electron chi connectivity index (χ0n) is 15.7. The lowest BCUT2D eigenvalue weighted by Gasteiger charge is -2.34. The normalized spacial score (nSPS) is 22.9. The van der Waals surface area contributed by atoms with Crippen LogP contribution in [0.5, 0.6) is 0 Å². The summed E-state index contributed by atoms with van der Waals surface area (Å²) in [7, 11) is 0. The molecular weight excluding hydrogens is 344 g/mol. The number of carbonyl (C=O) groups is 3. The van der Waals surface area contributed by atoms with Crippen molar-refractivity contribution in [3.63, 3.8) is 0 Å². The standard InChI is InChI=1S/C21H28N2O4/c24-19-13-18(15-22(19)12-10-16-5-2-1-3-6-16)21(27)23-11-4-7-17(14-23)8-9-20(25)26/h1-3,5-6,17-18H,4,7-15H2,(H,25,26)/t17-,18-/m0/s1. The second-order valence-corrected chi connectivity index (χ2v) is 7.70. The molecule has 1 aromatic rings. The summed E-state index contributed by atoms with van der Waals surface area (Å²) in [4.78, 5) is 39.6. The van der Waals surface area contributed by atoms with Crippen molar-refractivity contribution in [1.29, 1.82) is 0 Å². The largest absolute Gasteiger partial charge is 0.481 e. The Labute approximate surface area is 160 Å². The second-order valence-electron chi connectivity index (χ2n) is 7.70. The molecule has 6 nitrogen and oxygen atoms in total. The minimum Gasteiger partial charge on any atom is -0.481 e. The minimum atomic E-state index is -0.783. The highest BCUT2D eigenvalue weighted by molar-refractivity contribution is 5.89. The molecule has 0 spiro atoms. The van der Waals surface area contributed by atoms with Gasteiger partial charge in [-0.3, -0.25) is 14.4 Å². The first kappa shape index (κ1) is 19.4. The fraction of sp³-hybridized carbons (Fsp3) is 0.571. The van der Waals surface area contributed by atoms with E-state index in [4.69, 9.17) is 5.11 Å². The van der Waals surface area contributed by atoms with Gasteiger partial charge in [-0.05, 0) is 37.2 Å². The number of hydrogen-bond acceptors (Lipinski definition) is 3. The van der Waals surface area contributed by atoms with Crippen molar-refractivity contribution in [2.24, 2.45) is 11.8 Å². The van der Waals surface area contributed by atoms with Crippen molar-refractivity contribution in [2.75, 3.05) is 26.2 Å². The summed E-state index contributed by atoms with van der Waals surface area (Å²) in [5, 5.41) is 8.86. The molecule has 2 aliphatic rings. The number of carboxylic acid groups (broad SMARTS) is 1. The number of aliphatic carboxylic acids is 1. The van der Waals surface area contributed by atoms with Gasteiger partial charge in [0.1, 0.15) is 0 Å². The summed E-state index contributed by atoms with van der Waals surface area (Å²) < 4.78 is 0. The summed E-state index contributed by atoms with van der Waals surface area (Å²) in [5.74, 6) is -0.667. The molecule has 0 radical (unpaired) electrons. The Morgan fingerprint density at radius 3 is 2.67 bits per heavy atom. The predicted octanol–water partition coefficient (Wildman–Crippen LogP) is 2.18. The minimum absolute atomic E-state index is 0.0590. The van der Waals surface area contributed by atoms with Crippen molar-refractivity contribution in [2.45, 2.75) is 38.5 Å². The van der Waals surface area contributed by atoms with Gasteiger partial charge in [0.2, 0.25) is 11.8 Å². The first-order valence-electron chi connectivity index (χ1n) is 9.85. The molecule has 2 heterocycles. The summed E-state index contributed by atoms with van der Waals surface area (Å²) in [6.07, 6.45) is 3.75. The van der Waals surface area contributed by atoms with Crippen LogP contribution in [0.1, 0.15) is 37.7 Å². The van der Waals surface area contributed by atoms with Crippen LogP contribution in [-0.2, 0) is 20.8 Å². The molecule has 6 heteroatoms. The van der Waals surface area contributed by atoms with Crippen LogP contribution in [0.25, 0.3) is 0 Å². The van der Waals surface area contributed by atoms with Crippen molar-refractivity contribution in [3.05, 3.63) is 35.9 Å². The Hall–Kier alpha value is -2.37. The molecule has 2 saturated heterocycles. The number of likely N-dealkylation sites (tertiary alicyclic amines) is 2. The summed E-state index contributed by atoms with van der Waals surface area (Å²) in [5.41, 5.74) is 1.19. The van der Waals surface area contributed by atoms with Gasteiger partial charge in [-0.2, -0.15) is 0 Å². The lowest BCUT2D eigenvalue weighted by atomic mass is 9.92. The van der Waals surface area contributed by atoms with Gasteiger partial charge in [-0.25, -0.2) is 0 Å². The molecule has 146 valence electrons. The second kappa shape index (κ2) is 9.02.